The minimum absolute atomic E-state index is 0.115. The van der Waals surface area contributed by atoms with E-state index in [1.54, 1.807) is 22.1 Å². The van der Waals surface area contributed by atoms with E-state index in [0.29, 0.717) is 37.5 Å². The van der Waals surface area contributed by atoms with Crippen molar-refractivity contribution >= 4 is 22.9 Å². The van der Waals surface area contributed by atoms with Gasteiger partial charge >= 0.3 is 0 Å². The predicted molar refractivity (Wildman–Crippen MR) is 101 cm³/mol. The third-order valence-corrected chi connectivity index (χ3v) is 4.80. The molecule has 28 heavy (non-hydrogen) atoms. The highest BCUT2D eigenvalue weighted by Gasteiger charge is 2.26. The summed E-state index contributed by atoms with van der Waals surface area (Å²) in [5.41, 5.74) is 2.66. The zero-order valence-corrected chi connectivity index (χ0v) is 14.9. The van der Waals surface area contributed by atoms with Crippen LogP contribution in [-0.4, -0.2) is 71.9 Å². The first kappa shape index (κ1) is 16.4. The zero-order chi connectivity index (χ0) is 18.9. The fraction of sp³-hybridized carbons (Fsp3) is 0.222. The molecule has 0 aliphatic carbocycles. The molecule has 1 aromatic carbocycles. The summed E-state index contributed by atoms with van der Waals surface area (Å²) >= 11 is 0. The van der Waals surface area contributed by atoms with E-state index in [2.05, 4.69) is 35.1 Å². The van der Waals surface area contributed by atoms with Crippen molar-refractivity contribution in [2.45, 2.75) is 0 Å². The number of carbonyl (C=O) groups is 1. The van der Waals surface area contributed by atoms with Crippen LogP contribution in [0, 0.1) is 0 Å². The van der Waals surface area contributed by atoms with Gasteiger partial charge in [-0.3, -0.25) is 4.79 Å². The van der Waals surface area contributed by atoms with Crippen molar-refractivity contribution < 1.29 is 4.79 Å². The van der Waals surface area contributed by atoms with E-state index in [9.17, 15) is 4.79 Å². The Balaban J connectivity index is 1.29. The molecule has 1 saturated heterocycles. The molecular formula is C18H17N9O. The molecule has 1 N–H and O–H groups in total. The van der Waals surface area contributed by atoms with Crippen molar-refractivity contribution in [1.29, 1.82) is 0 Å². The number of fused-ring (bicyclic) bond motifs is 1. The number of nitrogens with one attached hydrogen (secondary N) is 1. The van der Waals surface area contributed by atoms with E-state index in [4.69, 9.17) is 0 Å². The fourth-order valence-corrected chi connectivity index (χ4v) is 3.34. The van der Waals surface area contributed by atoms with Gasteiger partial charge in [-0.1, -0.05) is 23.4 Å². The fourth-order valence-electron chi connectivity index (χ4n) is 3.34. The van der Waals surface area contributed by atoms with Crippen LogP contribution in [0.4, 0.5) is 5.82 Å². The number of rotatable bonds is 3. The molecule has 3 aromatic heterocycles. The minimum Gasteiger partial charge on any atom is -0.351 e. The molecule has 1 aliphatic rings. The molecule has 0 unspecified atom stereocenters. The first-order valence-electron chi connectivity index (χ1n) is 8.96. The molecule has 4 aromatic rings. The average molecular weight is 375 g/mol. The molecule has 0 saturated carbocycles. The lowest BCUT2D eigenvalue weighted by Gasteiger charge is -2.35. The summed E-state index contributed by atoms with van der Waals surface area (Å²) in [5, 5.41) is 8.13. The Bertz CT molecular complexity index is 1110. The highest BCUT2D eigenvalue weighted by Crippen LogP contribution is 2.21. The topological polar surface area (TPSA) is 109 Å². The van der Waals surface area contributed by atoms with Crippen LogP contribution >= 0.6 is 0 Å². The predicted octanol–water partition coefficient (Wildman–Crippen LogP) is 0.896. The van der Waals surface area contributed by atoms with E-state index in [1.807, 2.05) is 30.3 Å². The molecular weight excluding hydrogens is 358 g/mol. The smallest absolute Gasteiger partial charge is 0.276 e. The molecule has 0 spiro atoms. The summed E-state index contributed by atoms with van der Waals surface area (Å²) in [7, 11) is 0. The highest BCUT2D eigenvalue weighted by atomic mass is 16.2. The first-order valence-corrected chi connectivity index (χ1v) is 8.96. The second kappa shape index (κ2) is 6.72. The van der Waals surface area contributed by atoms with Gasteiger partial charge < -0.3 is 14.8 Å². The Hall–Kier alpha value is -3.82. The van der Waals surface area contributed by atoms with Crippen LogP contribution in [-0.2, 0) is 0 Å². The third-order valence-electron chi connectivity index (χ3n) is 4.80. The number of piperazine rings is 1. The van der Waals surface area contributed by atoms with Crippen LogP contribution in [0.25, 0.3) is 16.9 Å². The van der Waals surface area contributed by atoms with Gasteiger partial charge in [-0.2, -0.15) is 0 Å². The monoisotopic (exact) mass is 375 g/mol. The maximum atomic E-state index is 12.8. The van der Waals surface area contributed by atoms with Crippen LogP contribution in [0.5, 0.6) is 0 Å². The Labute approximate surface area is 159 Å². The number of carbonyl (C=O) groups excluding carboxylic acids is 1. The van der Waals surface area contributed by atoms with Crippen LogP contribution in [0.1, 0.15) is 10.5 Å². The molecule has 10 nitrogen and oxygen atoms in total. The number of nitrogens with zero attached hydrogens (tertiary/aromatic N) is 8. The largest absolute Gasteiger partial charge is 0.351 e. The SMILES string of the molecule is O=C(c1cn(-c2ccccc2)nn1)N1CCN(c2ncnc3nc[nH]c23)CC1. The molecule has 5 rings (SSSR count). The first-order chi connectivity index (χ1) is 13.8. The number of para-hydroxylation sites is 1. The third kappa shape index (κ3) is 2.84. The standard InChI is InChI=1S/C18H17N9O/c28-18(14-10-27(24-23-14)13-4-2-1-3-5-13)26-8-6-25(7-9-26)17-15-16(20-11-19-15)21-12-22-17/h1-5,10-12H,6-9H2,(H,19,20,21,22). The van der Waals surface area contributed by atoms with Gasteiger partial charge in [-0.25, -0.2) is 19.6 Å². The molecule has 10 heteroatoms. The number of hydrogen-bond donors (Lipinski definition) is 1. The zero-order valence-electron chi connectivity index (χ0n) is 14.9. The highest BCUT2D eigenvalue weighted by molar-refractivity contribution is 5.92. The Morgan fingerprint density at radius 2 is 1.82 bits per heavy atom. The second-order valence-corrected chi connectivity index (χ2v) is 6.46. The summed E-state index contributed by atoms with van der Waals surface area (Å²) in [6.45, 7) is 2.50. The molecule has 0 atom stereocenters. The van der Waals surface area contributed by atoms with Crippen molar-refractivity contribution in [1.82, 2.24) is 39.8 Å². The van der Waals surface area contributed by atoms with Gasteiger partial charge in [0.2, 0.25) is 0 Å². The van der Waals surface area contributed by atoms with Gasteiger partial charge in [-0.15, -0.1) is 5.10 Å². The minimum atomic E-state index is -0.115. The number of H-pyrrole nitrogens is 1. The van der Waals surface area contributed by atoms with E-state index in [-0.39, 0.29) is 5.91 Å². The van der Waals surface area contributed by atoms with Crippen LogP contribution < -0.4 is 4.90 Å². The number of imidazole rings is 1. The van der Waals surface area contributed by atoms with E-state index in [0.717, 1.165) is 17.0 Å². The Kier molecular flexibility index (Phi) is 3.93. The van der Waals surface area contributed by atoms with Gasteiger partial charge in [0.1, 0.15) is 11.8 Å². The molecule has 1 amide bonds. The molecule has 1 fully saturated rings. The molecule has 1 aliphatic heterocycles. The lowest BCUT2D eigenvalue weighted by Crippen LogP contribution is -2.49. The summed E-state index contributed by atoms with van der Waals surface area (Å²) in [4.78, 5) is 32.5. The van der Waals surface area contributed by atoms with E-state index < -0.39 is 0 Å². The molecule has 0 bridgehead atoms. The summed E-state index contributed by atoms with van der Waals surface area (Å²) < 4.78 is 1.61. The number of hydrogen-bond acceptors (Lipinski definition) is 7. The number of amides is 1. The number of anilines is 1. The normalized spacial score (nSPS) is 14.6. The molecule has 0 radical (unpaired) electrons. The molecule has 140 valence electrons. The Morgan fingerprint density at radius 1 is 1.00 bits per heavy atom. The number of aromatic nitrogens is 7. The second-order valence-electron chi connectivity index (χ2n) is 6.46. The quantitative estimate of drug-likeness (QED) is 0.566. The van der Waals surface area contributed by atoms with Gasteiger partial charge in [0.05, 0.1) is 18.2 Å². The van der Waals surface area contributed by atoms with Gasteiger partial charge in [0.25, 0.3) is 5.91 Å². The summed E-state index contributed by atoms with van der Waals surface area (Å²) in [6.07, 6.45) is 4.79. The number of benzene rings is 1. The maximum Gasteiger partial charge on any atom is 0.276 e. The van der Waals surface area contributed by atoms with Crippen LogP contribution in [0.3, 0.4) is 0 Å². The van der Waals surface area contributed by atoms with Gasteiger partial charge in [0.15, 0.2) is 17.2 Å². The maximum absolute atomic E-state index is 12.8. The summed E-state index contributed by atoms with van der Waals surface area (Å²) in [6, 6.07) is 9.60. The average Bonchev–Trinajstić information content (AvgIpc) is 3.43. The van der Waals surface area contributed by atoms with Crippen molar-refractivity contribution in [2.24, 2.45) is 0 Å². The lowest BCUT2D eigenvalue weighted by molar-refractivity contribution is 0.0740. The van der Waals surface area contributed by atoms with Crippen molar-refractivity contribution in [2.75, 3.05) is 31.1 Å². The van der Waals surface area contributed by atoms with Crippen LogP contribution in [0.2, 0.25) is 0 Å². The van der Waals surface area contributed by atoms with Crippen molar-refractivity contribution in [3.63, 3.8) is 0 Å². The van der Waals surface area contributed by atoms with Crippen LogP contribution in [0.15, 0.2) is 49.2 Å². The van der Waals surface area contributed by atoms with E-state index in [1.165, 1.54) is 6.33 Å². The molecule has 4 heterocycles. The van der Waals surface area contributed by atoms with Gasteiger partial charge in [-0.05, 0) is 12.1 Å². The number of aromatic amines is 1. The van der Waals surface area contributed by atoms with Gasteiger partial charge in [0, 0.05) is 26.2 Å². The van der Waals surface area contributed by atoms with Crippen molar-refractivity contribution in [3.05, 3.63) is 54.9 Å². The summed E-state index contributed by atoms with van der Waals surface area (Å²) in [5.74, 6) is 0.695. The van der Waals surface area contributed by atoms with Crippen molar-refractivity contribution in [3.8, 4) is 5.69 Å². The van der Waals surface area contributed by atoms with E-state index >= 15 is 0 Å². The Morgan fingerprint density at radius 3 is 2.64 bits per heavy atom. The lowest BCUT2D eigenvalue weighted by atomic mass is 10.2.